The summed E-state index contributed by atoms with van der Waals surface area (Å²) in [5.74, 6) is -0.410. The van der Waals surface area contributed by atoms with Crippen molar-refractivity contribution in [2.75, 3.05) is 4.90 Å². The lowest BCUT2D eigenvalue weighted by Crippen LogP contribution is -2.30. The molecular formula is C94H89NO. The molecule has 0 spiro atoms. The van der Waals surface area contributed by atoms with E-state index in [1.54, 1.807) is 0 Å². The fourth-order valence-electron chi connectivity index (χ4n) is 15.3. The number of rotatable bonds is 8. The normalized spacial score (nSPS) is 14.8. The Balaban J connectivity index is 1.15. The summed E-state index contributed by atoms with van der Waals surface area (Å²) in [6.07, 6.45) is 0. The Morgan fingerprint density at radius 2 is 0.719 bits per heavy atom. The van der Waals surface area contributed by atoms with Crippen molar-refractivity contribution in [3.8, 4) is 66.8 Å². The number of hydrogen-bond acceptors (Lipinski definition) is 2. The molecule has 1 aliphatic carbocycles. The van der Waals surface area contributed by atoms with E-state index in [-0.39, 0.29) is 38.9 Å². The predicted molar refractivity (Wildman–Crippen MR) is 409 cm³/mol. The Hall–Kier alpha value is -9.76. The first kappa shape index (κ1) is 62.4. The Kier molecular flexibility index (Phi) is 14.9. The summed E-state index contributed by atoms with van der Waals surface area (Å²) in [4.78, 5) is 2.72. The molecule has 476 valence electrons. The van der Waals surface area contributed by atoms with Crippen molar-refractivity contribution in [1.29, 1.82) is 0 Å². The van der Waals surface area contributed by atoms with Gasteiger partial charge in [-0.2, -0.15) is 0 Å². The van der Waals surface area contributed by atoms with Crippen LogP contribution in [0.25, 0.3) is 88.7 Å². The third kappa shape index (κ3) is 10.9. The number of benzene rings is 12. The molecule has 1 aromatic heterocycles. The van der Waals surface area contributed by atoms with Crippen LogP contribution in [0.3, 0.4) is 0 Å². The molecule has 0 N–H and O–H groups in total. The Labute approximate surface area is 570 Å². The maximum Gasteiger partial charge on any atom is 0.145 e. The number of anilines is 3. The van der Waals surface area contributed by atoms with E-state index in [4.69, 9.17) is 4.42 Å². The number of para-hydroxylation sites is 1. The SMILES string of the molecule is CC(C)(C)c1ccc(-c2ccc3c(c2)N(c2c(-c4ccccc4)cc4c(oc5ccccc54)c2-c2ccccc2)c2cc(C(C)(C)C)cc4c2C3c2cc(-c3cc(C(C)(C)C)cc(C(C)(C)C)c3)ccc2C4c2c(-c3ccccc3)cc(C(C)(C)C)cc2-c2ccccc2)cc1. The molecule has 1 aliphatic heterocycles. The van der Waals surface area contributed by atoms with E-state index in [0.29, 0.717) is 0 Å². The van der Waals surface area contributed by atoms with Crippen LogP contribution in [0.2, 0.25) is 0 Å². The van der Waals surface area contributed by atoms with Gasteiger partial charge in [-0.15, -0.1) is 0 Å². The summed E-state index contributed by atoms with van der Waals surface area (Å²) in [6.45, 7) is 35.4. The average molecular weight is 1250 g/mol. The zero-order valence-electron chi connectivity index (χ0n) is 58.8. The van der Waals surface area contributed by atoms with Crippen LogP contribution in [0.15, 0.2) is 259 Å². The third-order valence-electron chi connectivity index (χ3n) is 20.8. The van der Waals surface area contributed by atoms with Crippen molar-refractivity contribution in [3.63, 3.8) is 0 Å². The largest absolute Gasteiger partial charge is 0.455 e. The third-order valence-corrected chi connectivity index (χ3v) is 20.8. The molecule has 0 bridgehead atoms. The maximum atomic E-state index is 7.38. The molecule has 0 saturated heterocycles. The molecule has 2 heteroatoms. The molecule has 12 aromatic carbocycles. The van der Waals surface area contributed by atoms with E-state index in [2.05, 4.69) is 364 Å². The first-order valence-electron chi connectivity index (χ1n) is 34.7. The topological polar surface area (TPSA) is 16.4 Å². The zero-order valence-corrected chi connectivity index (χ0v) is 58.8. The summed E-state index contributed by atoms with van der Waals surface area (Å²) in [6, 6.07) is 98.0. The Morgan fingerprint density at radius 3 is 1.26 bits per heavy atom. The second-order valence-electron chi connectivity index (χ2n) is 32.5. The van der Waals surface area contributed by atoms with Crippen molar-refractivity contribution in [2.45, 2.75) is 143 Å². The van der Waals surface area contributed by atoms with Gasteiger partial charge in [-0.1, -0.05) is 328 Å². The molecule has 0 amide bonds. The molecule has 2 nitrogen and oxygen atoms in total. The summed E-state index contributed by atoms with van der Waals surface area (Å²) < 4.78 is 7.38. The number of fused-ring (bicyclic) bond motifs is 7. The monoisotopic (exact) mass is 1250 g/mol. The van der Waals surface area contributed by atoms with Gasteiger partial charge >= 0.3 is 0 Å². The predicted octanol–water partition coefficient (Wildman–Crippen LogP) is 26.5. The molecule has 0 saturated carbocycles. The van der Waals surface area contributed by atoms with E-state index >= 15 is 0 Å². The molecule has 2 atom stereocenters. The lowest BCUT2D eigenvalue weighted by Gasteiger charge is -2.46. The summed E-state index contributed by atoms with van der Waals surface area (Å²) >= 11 is 0. The van der Waals surface area contributed by atoms with Gasteiger partial charge in [-0.3, -0.25) is 0 Å². The van der Waals surface area contributed by atoms with Crippen molar-refractivity contribution in [3.05, 3.63) is 316 Å². The first-order valence-corrected chi connectivity index (χ1v) is 34.7. The van der Waals surface area contributed by atoms with Crippen LogP contribution in [0.1, 0.15) is 177 Å². The van der Waals surface area contributed by atoms with Gasteiger partial charge in [-0.05, 0) is 174 Å². The van der Waals surface area contributed by atoms with Gasteiger partial charge in [0.05, 0.1) is 17.1 Å². The Bertz CT molecular complexity index is 5050. The second-order valence-corrected chi connectivity index (χ2v) is 32.5. The van der Waals surface area contributed by atoms with Crippen LogP contribution in [0, 0.1) is 0 Å². The molecule has 96 heavy (non-hydrogen) atoms. The van der Waals surface area contributed by atoms with Gasteiger partial charge < -0.3 is 9.32 Å². The molecule has 2 heterocycles. The minimum atomic E-state index is -0.283. The minimum absolute atomic E-state index is 0.000147. The molecule has 0 radical (unpaired) electrons. The lowest BCUT2D eigenvalue weighted by molar-refractivity contribution is 0.569. The maximum absolute atomic E-state index is 7.38. The summed E-state index contributed by atoms with van der Waals surface area (Å²) in [5.41, 5.74) is 33.2. The smallest absolute Gasteiger partial charge is 0.145 e. The summed E-state index contributed by atoms with van der Waals surface area (Å²) in [7, 11) is 0. The molecular weight excluding hydrogens is 1160 g/mol. The number of nitrogens with zero attached hydrogens (tertiary/aromatic N) is 1. The molecule has 15 rings (SSSR count). The fourth-order valence-corrected chi connectivity index (χ4v) is 15.3. The van der Waals surface area contributed by atoms with Crippen molar-refractivity contribution in [2.24, 2.45) is 0 Å². The van der Waals surface area contributed by atoms with E-state index in [1.807, 2.05) is 0 Å². The molecule has 0 fully saturated rings. The molecule has 2 unspecified atom stereocenters. The van der Waals surface area contributed by atoms with E-state index in [1.165, 1.54) is 106 Å². The van der Waals surface area contributed by atoms with Gasteiger partial charge in [0.25, 0.3) is 0 Å². The van der Waals surface area contributed by atoms with E-state index in [9.17, 15) is 0 Å². The quantitative estimate of drug-likeness (QED) is 0.151. The van der Waals surface area contributed by atoms with E-state index < -0.39 is 0 Å². The van der Waals surface area contributed by atoms with E-state index in [0.717, 1.165) is 61.1 Å². The average Bonchev–Trinajstić information content (AvgIpc) is 0.822. The fraction of sp³-hybridized carbons (Fsp3) is 0.234. The van der Waals surface area contributed by atoms with Crippen LogP contribution < -0.4 is 4.90 Å². The lowest BCUT2D eigenvalue weighted by atomic mass is 9.62. The molecule has 2 aliphatic rings. The highest BCUT2D eigenvalue weighted by molar-refractivity contribution is 6.17. The zero-order chi connectivity index (χ0) is 67.0. The van der Waals surface area contributed by atoms with Gasteiger partial charge in [-0.25, -0.2) is 0 Å². The highest BCUT2D eigenvalue weighted by Crippen LogP contribution is 2.64. The van der Waals surface area contributed by atoms with Crippen molar-refractivity contribution < 1.29 is 4.42 Å². The molecule has 13 aromatic rings. The van der Waals surface area contributed by atoms with Gasteiger partial charge in [0.15, 0.2) is 0 Å². The highest BCUT2D eigenvalue weighted by atomic mass is 16.3. The minimum Gasteiger partial charge on any atom is -0.455 e. The van der Waals surface area contributed by atoms with Crippen molar-refractivity contribution in [1.82, 2.24) is 0 Å². The van der Waals surface area contributed by atoms with Crippen LogP contribution >= 0.6 is 0 Å². The Morgan fingerprint density at radius 1 is 0.271 bits per heavy atom. The highest BCUT2D eigenvalue weighted by Gasteiger charge is 2.46. The number of furan rings is 1. The van der Waals surface area contributed by atoms with Gasteiger partial charge in [0, 0.05) is 33.7 Å². The first-order chi connectivity index (χ1) is 45.8. The van der Waals surface area contributed by atoms with Crippen LogP contribution in [-0.2, 0) is 27.1 Å². The van der Waals surface area contributed by atoms with Gasteiger partial charge in [0.2, 0.25) is 0 Å². The van der Waals surface area contributed by atoms with Crippen LogP contribution in [0.5, 0.6) is 0 Å². The summed E-state index contributed by atoms with van der Waals surface area (Å²) in [5, 5.41) is 2.19. The second kappa shape index (κ2) is 23.0. The standard InChI is InChI=1S/C94H89NO/c1-90(2,3)66-44-40-58(41-45-66)64-43-47-73-80(51-64)95(88-76(61-34-24-18-25-35-61)57-78-71-38-28-29-39-82(71)96-89(78)83(88)62-36-26-19-27-37-62)81-56-70(94(13,14)15)55-79-84(86-74(59-30-20-16-21-31-59)53-69(93(10,11)12)54-75(86)60-32-22-17-23-33-60)72-46-42-63(50-77(72)85(73)87(79)81)65-48-67(91(4,5)6)52-68(49-65)92(7,8)9/h16-57,84-85H,1-15H3. The van der Waals surface area contributed by atoms with Crippen LogP contribution in [-0.4, -0.2) is 0 Å². The number of hydrogen-bond donors (Lipinski definition) is 0. The van der Waals surface area contributed by atoms with Crippen molar-refractivity contribution >= 4 is 39.0 Å². The van der Waals surface area contributed by atoms with Gasteiger partial charge in [0.1, 0.15) is 11.2 Å². The van der Waals surface area contributed by atoms with Crippen LogP contribution in [0.4, 0.5) is 17.1 Å².